The maximum atomic E-state index is 12.3. The molecule has 8 nitrogen and oxygen atoms in total. The van der Waals surface area contributed by atoms with Gasteiger partial charge in [-0.25, -0.2) is 0 Å². The second kappa shape index (κ2) is 9.74. The van der Waals surface area contributed by atoms with Gasteiger partial charge in [-0.05, 0) is 49.7 Å². The van der Waals surface area contributed by atoms with Crippen molar-refractivity contribution in [3.05, 3.63) is 63.6 Å². The van der Waals surface area contributed by atoms with E-state index in [2.05, 4.69) is 26.7 Å². The molecule has 3 rings (SSSR count). The van der Waals surface area contributed by atoms with Crippen LogP contribution in [0.5, 0.6) is 0 Å². The highest BCUT2D eigenvalue weighted by Crippen LogP contribution is 2.20. The van der Waals surface area contributed by atoms with Crippen LogP contribution in [-0.2, 0) is 19.1 Å². The number of ether oxygens (including phenoxy) is 1. The minimum absolute atomic E-state index is 0.0112. The lowest BCUT2D eigenvalue weighted by Crippen LogP contribution is -2.43. The van der Waals surface area contributed by atoms with E-state index in [1.807, 2.05) is 19.9 Å². The zero-order valence-corrected chi connectivity index (χ0v) is 18.7. The number of carbonyl (C=O) groups excluding carboxylic acids is 4. The van der Waals surface area contributed by atoms with Crippen LogP contribution in [0.15, 0.2) is 46.9 Å². The van der Waals surface area contributed by atoms with Gasteiger partial charge in [0, 0.05) is 22.1 Å². The second-order valence-corrected chi connectivity index (χ2v) is 8.24. The van der Waals surface area contributed by atoms with Crippen LogP contribution in [0.2, 0.25) is 0 Å². The lowest BCUT2D eigenvalue weighted by atomic mass is 10.1. The fraction of sp³-hybridized carbons (Fsp3) is 0.273. The Kier molecular flexibility index (Phi) is 7.06. The zero-order chi connectivity index (χ0) is 22.5. The summed E-state index contributed by atoms with van der Waals surface area (Å²) >= 11 is 3.35. The first-order chi connectivity index (χ1) is 14.7. The maximum Gasteiger partial charge on any atom is 0.311 e. The van der Waals surface area contributed by atoms with E-state index in [0.29, 0.717) is 11.3 Å². The third-order valence-corrected chi connectivity index (χ3v) is 5.31. The van der Waals surface area contributed by atoms with Gasteiger partial charge < -0.3 is 10.1 Å². The second-order valence-electron chi connectivity index (χ2n) is 7.33. The average Bonchev–Trinajstić information content (AvgIpc) is 3.09. The SMILES string of the molecule is Cc1ccc(C(=O)NN2C[C@@H](C(=O)OCC(=O)Nc3ccc(Br)cc3C)CC2=O)cc1. The smallest absolute Gasteiger partial charge is 0.311 e. The van der Waals surface area contributed by atoms with Gasteiger partial charge in [-0.1, -0.05) is 33.6 Å². The van der Waals surface area contributed by atoms with Crippen LogP contribution >= 0.6 is 15.9 Å². The molecule has 1 heterocycles. The summed E-state index contributed by atoms with van der Waals surface area (Å²) in [5, 5.41) is 3.79. The summed E-state index contributed by atoms with van der Waals surface area (Å²) in [6.45, 7) is 3.27. The molecule has 1 fully saturated rings. The molecular formula is C22H22BrN3O5. The quantitative estimate of drug-likeness (QED) is 0.609. The highest BCUT2D eigenvalue weighted by molar-refractivity contribution is 9.10. The molecule has 31 heavy (non-hydrogen) atoms. The Morgan fingerprint density at radius 1 is 1.13 bits per heavy atom. The van der Waals surface area contributed by atoms with Crippen molar-refractivity contribution >= 4 is 45.3 Å². The molecule has 0 aliphatic carbocycles. The van der Waals surface area contributed by atoms with Gasteiger partial charge in [0.15, 0.2) is 6.61 Å². The Balaban J connectivity index is 1.48. The number of aryl methyl sites for hydroxylation is 2. The monoisotopic (exact) mass is 487 g/mol. The number of anilines is 1. The van der Waals surface area contributed by atoms with E-state index < -0.39 is 36.2 Å². The highest BCUT2D eigenvalue weighted by atomic mass is 79.9. The van der Waals surface area contributed by atoms with Crippen LogP contribution in [0.1, 0.15) is 27.9 Å². The number of carbonyl (C=O) groups is 4. The fourth-order valence-electron chi connectivity index (χ4n) is 3.07. The number of hydrogen-bond donors (Lipinski definition) is 2. The average molecular weight is 488 g/mol. The molecule has 2 N–H and O–H groups in total. The Morgan fingerprint density at radius 2 is 1.84 bits per heavy atom. The molecule has 0 bridgehead atoms. The number of halogens is 1. The van der Waals surface area contributed by atoms with Crippen molar-refractivity contribution in [2.24, 2.45) is 5.92 Å². The van der Waals surface area contributed by atoms with Crippen LogP contribution in [0, 0.1) is 19.8 Å². The van der Waals surface area contributed by atoms with Crippen LogP contribution < -0.4 is 10.7 Å². The molecule has 1 aliphatic rings. The highest BCUT2D eigenvalue weighted by Gasteiger charge is 2.36. The topological polar surface area (TPSA) is 105 Å². The van der Waals surface area contributed by atoms with Crippen LogP contribution in [0.4, 0.5) is 5.69 Å². The summed E-state index contributed by atoms with van der Waals surface area (Å²) in [5.41, 5.74) is 5.40. The predicted molar refractivity (Wildman–Crippen MR) is 117 cm³/mol. The van der Waals surface area contributed by atoms with Crippen molar-refractivity contribution in [1.82, 2.24) is 10.4 Å². The molecule has 0 aromatic heterocycles. The molecule has 3 amide bonds. The minimum Gasteiger partial charge on any atom is -0.455 e. The van der Waals surface area contributed by atoms with Crippen molar-refractivity contribution in [2.75, 3.05) is 18.5 Å². The zero-order valence-electron chi connectivity index (χ0n) is 17.1. The molecule has 2 aromatic rings. The van der Waals surface area contributed by atoms with Crippen LogP contribution in [0.25, 0.3) is 0 Å². The number of rotatable bonds is 6. The van der Waals surface area contributed by atoms with E-state index in [0.717, 1.165) is 20.6 Å². The van der Waals surface area contributed by atoms with E-state index in [4.69, 9.17) is 4.74 Å². The van der Waals surface area contributed by atoms with E-state index >= 15 is 0 Å². The maximum absolute atomic E-state index is 12.3. The van der Waals surface area contributed by atoms with Crippen molar-refractivity contribution in [3.8, 4) is 0 Å². The van der Waals surface area contributed by atoms with E-state index in [-0.39, 0.29) is 13.0 Å². The molecule has 1 saturated heterocycles. The van der Waals surface area contributed by atoms with Crippen molar-refractivity contribution in [2.45, 2.75) is 20.3 Å². The van der Waals surface area contributed by atoms with Crippen LogP contribution in [-0.4, -0.2) is 41.9 Å². The molecule has 1 aliphatic heterocycles. The van der Waals surface area contributed by atoms with Gasteiger partial charge in [-0.2, -0.15) is 0 Å². The number of amides is 3. The number of nitrogens with zero attached hydrogens (tertiary/aromatic N) is 1. The summed E-state index contributed by atoms with van der Waals surface area (Å²) in [6, 6.07) is 12.3. The summed E-state index contributed by atoms with van der Waals surface area (Å²) in [5.74, 6) is -2.73. The Bertz CT molecular complexity index is 1020. The molecule has 0 unspecified atom stereocenters. The lowest BCUT2D eigenvalue weighted by Gasteiger charge is -2.17. The first-order valence-electron chi connectivity index (χ1n) is 9.63. The van der Waals surface area contributed by atoms with Crippen LogP contribution in [0.3, 0.4) is 0 Å². The summed E-state index contributed by atoms with van der Waals surface area (Å²) < 4.78 is 5.96. The number of nitrogens with one attached hydrogen (secondary N) is 2. The molecule has 0 radical (unpaired) electrons. The van der Waals surface area contributed by atoms with Gasteiger partial charge >= 0.3 is 5.97 Å². The Labute approximate surface area is 188 Å². The van der Waals surface area contributed by atoms with Gasteiger partial charge in [-0.15, -0.1) is 0 Å². The first-order valence-corrected chi connectivity index (χ1v) is 10.4. The fourth-order valence-corrected chi connectivity index (χ4v) is 3.55. The lowest BCUT2D eigenvalue weighted by molar-refractivity contribution is -0.151. The molecular weight excluding hydrogens is 466 g/mol. The number of hydrazine groups is 1. The van der Waals surface area contributed by atoms with Gasteiger partial charge in [0.25, 0.3) is 11.8 Å². The Hall–Kier alpha value is -3.20. The molecule has 0 spiro atoms. The van der Waals surface area contributed by atoms with E-state index in [1.165, 1.54) is 0 Å². The van der Waals surface area contributed by atoms with E-state index in [9.17, 15) is 19.2 Å². The summed E-state index contributed by atoms with van der Waals surface area (Å²) in [7, 11) is 0. The van der Waals surface area contributed by atoms with Gasteiger partial charge in [0.05, 0.1) is 12.5 Å². The molecule has 162 valence electrons. The standard InChI is InChI=1S/C22H22BrN3O5/c1-13-3-5-15(6-4-13)21(29)25-26-11-16(10-20(26)28)22(30)31-12-19(27)24-18-8-7-17(23)9-14(18)2/h3-9,16H,10-12H2,1-2H3,(H,24,27)(H,25,29)/t16-/m0/s1. The number of hydrogen-bond acceptors (Lipinski definition) is 5. The Morgan fingerprint density at radius 3 is 2.52 bits per heavy atom. The van der Waals surface area contributed by atoms with E-state index in [1.54, 1.807) is 36.4 Å². The third kappa shape index (κ3) is 5.91. The van der Waals surface area contributed by atoms with Gasteiger partial charge in [0.1, 0.15) is 0 Å². The molecule has 1 atom stereocenters. The largest absolute Gasteiger partial charge is 0.455 e. The predicted octanol–water partition coefficient (Wildman–Crippen LogP) is 2.74. The van der Waals surface area contributed by atoms with Crippen molar-refractivity contribution < 1.29 is 23.9 Å². The number of esters is 1. The number of benzene rings is 2. The first kappa shape index (κ1) is 22.5. The normalized spacial score (nSPS) is 15.5. The van der Waals surface area contributed by atoms with Gasteiger partial charge in [0.2, 0.25) is 5.91 Å². The van der Waals surface area contributed by atoms with Gasteiger partial charge in [-0.3, -0.25) is 29.6 Å². The molecule has 0 saturated carbocycles. The molecule has 9 heteroatoms. The minimum atomic E-state index is -0.756. The summed E-state index contributed by atoms with van der Waals surface area (Å²) in [6.07, 6.45) is -0.0968. The summed E-state index contributed by atoms with van der Waals surface area (Å²) in [4.78, 5) is 48.9. The molecule has 2 aromatic carbocycles. The van der Waals surface area contributed by atoms with Crippen molar-refractivity contribution in [3.63, 3.8) is 0 Å². The van der Waals surface area contributed by atoms with Crippen molar-refractivity contribution in [1.29, 1.82) is 0 Å². The third-order valence-electron chi connectivity index (χ3n) is 4.82.